The maximum Gasteiger partial charge on any atom is 0.332 e. The van der Waals surface area contributed by atoms with Crippen molar-refractivity contribution < 1.29 is 33.3 Å². The predicted molar refractivity (Wildman–Crippen MR) is 114 cm³/mol. The van der Waals surface area contributed by atoms with E-state index in [4.69, 9.17) is 23.7 Å². The fourth-order valence-corrected chi connectivity index (χ4v) is 2.08. The molecule has 0 amide bonds. The summed E-state index contributed by atoms with van der Waals surface area (Å²) in [6.07, 6.45) is 7.14. The van der Waals surface area contributed by atoms with Gasteiger partial charge in [0.1, 0.15) is 13.2 Å². The Hall–Kier alpha value is -1.94. The first kappa shape index (κ1) is 28.1. The molecule has 0 fully saturated rings. The SMILES string of the molecule is C/C=C/C(=O)OCCOCCOCCOCCOC(=O)/C=C/N(C)CCCN(C)C. The Balaban J connectivity index is 3.39. The normalized spacial score (nSPS) is 11.5. The lowest BCUT2D eigenvalue weighted by molar-refractivity contribution is -0.140. The van der Waals surface area contributed by atoms with Crippen LogP contribution in [0.15, 0.2) is 24.4 Å². The second-order valence-electron chi connectivity index (χ2n) is 6.63. The van der Waals surface area contributed by atoms with Gasteiger partial charge in [0.05, 0.1) is 39.6 Å². The highest BCUT2D eigenvalue weighted by Gasteiger charge is 1.99. The van der Waals surface area contributed by atoms with Gasteiger partial charge in [-0.1, -0.05) is 6.08 Å². The molecular formula is C21H38N2O7. The zero-order valence-electron chi connectivity index (χ0n) is 18.8. The van der Waals surface area contributed by atoms with Crippen molar-refractivity contribution in [1.29, 1.82) is 0 Å². The average Bonchev–Trinajstić information content (AvgIpc) is 2.69. The molecule has 0 aliphatic rings. The van der Waals surface area contributed by atoms with Gasteiger partial charge in [-0.25, -0.2) is 9.59 Å². The zero-order chi connectivity index (χ0) is 22.5. The van der Waals surface area contributed by atoms with Crippen LogP contribution < -0.4 is 0 Å². The number of rotatable bonds is 19. The molecule has 0 aromatic heterocycles. The summed E-state index contributed by atoms with van der Waals surface area (Å²) in [6.45, 7) is 6.35. The van der Waals surface area contributed by atoms with Gasteiger partial charge < -0.3 is 33.5 Å². The van der Waals surface area contributed by atoms with E-state index in [-0.39, 0.29) is 25.2 Å². The molecule has 0 spiro atoms. The van der Waals surface area contributed by atoms with E-state index in [2.05, 4.69) is 4.90 Å². The molecule has 30 heavy (non-hydrogen) atoms. The van der Waals surface area contributed by atoms with Crippen LogP contribution in [0.4, 0.5) is 0 Å². The first-order chi connectivity index (χ1) is 14.5. The van der Waals surface area contributed by atoms with Crippen LogP contribution in [0.3, 0.4) is 0 Å². The summed E-state index contributed by atoms with van der Waals surface area (Å²) in [5.74, 6) is -0.762. The van der Waals surface area contributed by atoms with Gasteiger partial charge in [-0.2, -0.15) is 0 Å². The van der Waals surface area contributed by atoms with E-state index in [1.807, 2.05) is 26.0 Å². The largest absolute Gasteiger partial charge is 0.460 e. The summed E-state index contributed by atoms with van der Waals surface area (Å²) < 4.78 is 25.9. The molecule has 0 aliphatic heterocycles. The van der Waals surface area contributed by atoms with Crippen LogP contribution in [0.5, 0.6) is 0 Å². The third-order valence-electron chi connectivity index (χ3n) is 3.57. The van der Waals surface area contributed by atoms with Gasteiger partial charge in [0.25, 0.3) is 0 Å². The van der Waals surface area contributed by atoms with Crippen molar-refractivity contribution in [2.45, 2.75) is 13.3 Å². The lowest BCUT2D eigenvalue weighted by Crippen LogP contribution is -2.20. The quantitative estimate of drug-likeness (QED) is 0.170. The van der Waals surface area contributed by atoms with Crippen molar-refractivity contribution in [3.8, 4) is 0 Å². The molecule has 9 nitrogen and oxygen atoms in total. The van der Waals surface area contributed by atoms with Gasteiger partial charge in [-0.05, 0) is 34.0 Å². The minimum atomic E-state index is -0.386. The minimum absolute atomic E-state index is 0.197. The smallest absolute Gasteiger partial charge is 0.332 e. The van der Waals surface area contributed by atoms with Gasteiger partial charge in [0.2, 0.25) is 0 Å². The van der Waals surface area contributed by atoms with E-state index in [9.17, 15) is 9.59 Å². The standard InChI is InChI=1S/C21H38N2O7/c1-5-7-20(24)29-18-16-27-14-12-26-13-15-28-17-19-30-21(25)8-11-23(4)10-6-9-22(2)3/h5,7-8,11H,6,9-10,12-19H2,1-4H3/b7-5+,11-8+. The first-order valence-corrected chi connectivity index (χ1v) is 10.2. The Morgan fingerprint density at radius 3 is 1.63 bits per heavy atom. The van der Waals surface area contributed by atoms with Gasteiger partial charge in [0.15, 0.2) is 0 Å². The van der Waals surface area contributed by atoms with Crippen molar-refractivity contribution >= 4 is 11.9 Å². The number of carbonyl (C=O) groups excluding carboxylic acids is 2. The highest BCUT2D eigenvalue weighted by Crippen LogP contribution is 1.92. The van der Waals surface area contributed by atoms with E-state index in [0.29, 0.717) is 39.6 Å². The molecule has 0 N–H and O–H groups in total. The maximum absolute atomic E-state index is 11.6. The Bertz CT molecular complexity index is 496. The van der Waals surface area contributed by atoms with Crippen LogP contribution in [-0.4, -0.2) is 109 Å². The second kappa shape index (κ2) is 20.3. The van der Waals surface area contributed by atoms with Crippen LogP contribution in [-0.2, 0) is 33.3 Å². The lowest BCUT2D eigenvalue weighted by atomic mass is 10.4. The highest BCUT2D eigenvalue weighted by molar-refractivity contribution is 5.82. The van der Waals surface area contributed by atoms with Crippen molar-refractivity contribution in [2.24, 2.45) is 0 Å². The van der Waals surface area contributed by atoms with E-state index in [0.717, 1.165) is 19.5 Å². The van der Waals surface area contributed by atoms with E-state index in [1.165, 1.54) is 12.2 Å². The number of allylic oxidation sites excluding steroid dienone is 1. The van der Waals surface area contributed by atoms with Crippen LogP contribution in [0.1, 0.15) is 13.3 Å². The van der Waals surface area contributed by atoms with Crippen molar-refractivity contribution in [2.75, 3.05) is 87.1 Å². The summed E-state index contributed by atoms with van der Waals surface area (Å²) in [4.78, 5) is 26.7. The molecule has 0 aliphatic carbocycles. The number of carbonyl (C=O) groups is 2. The van der Waals surface area contributed by atoms with E-state index in [1.54, 1.807) is 19.2 Å². The molecule has 0 aromatic rings. The van der Waals surface area contributed by atoms with Crippen molar-refractivity contribution in [3.63, 3.8) is 0 Å². The Morgan fingerprint density at radius 2 is 1.17 bits per heavy atom. The number of hydrogen-bond donors (Lipinski definition) is 0. The molecule has 0 atom stereocenters. The van der Waals surface area contributed by atoms with Crippen molar-refractivity contribution in [1.82, 2.24) is 9.80 Å². The second-order valence-corrected chi connectivity index (χ2v) is 6.63. The summed E-state index contributed by atoms with van der Waals surface area (Å²) in [6, 6.07) is 0. The van der Waals surface area contributed by atoms with Gasteiger partial charge in [-0.3, -0.25) is 0 Å². The Kier molecular flexibility index (Phi) is 19.0. The Labute approximate surface area is 180 Å². The average molecular weight is 431 g/mol. The molecule has 0 unspecified atom stereocenters. The monoisotopic (exact) mass is 430 g/mol. The molecule has 174 valence electrons. The van der Waals surface area contributed by atoms with Crippen LogP contribution in [0.25, 0.3) is 0 Å². The predicted octanol–water partition coefficient (Wildman–Crippen LogP) is 1.10. The number of ether oxygens (including phenoxy) is 5. The van der Waals surface area contributed by atoms with E-state index >= 15 is 0 Å². The molecule has 0 saturated carbocycles. The van der Waals surface area contributed by atoms with Crippen LogP contribution in [0.2, 0.25) is 0 Å². The van der Waals surface area contributed by atoms with Crippen molar-refractivity contribution in [3.05, 3.63) is 24.4 Å². The Morgan fingerprint density at radius 1 is 0.700 bits per heavy atom. The number of hydrogen-bond acceptors (Lipinski definition) is 9. The van der Waals surface area contributed by atoms with Gasteiger partial charge >= 0.3 is 11.9 Å². The minimum Gasteiger partial charge on any atom is -0.460 e. The fraction of sp³-hybridized carbons (Fsp3) is 0.714. The highest BCUT2D eigenvalue weighted by atomic mass is 16.6. The maximum atomic E-state index is 11.6. The van der Waals surface area contributed by atoms with Gasteiger partial charge in [0, 0.05) is 31.9 Å². The third kappa shape index (κ3) is 20.8. The summed E-state index contributed by atoms with van der Waals surface area (Å²) in [5.41, 5.74) is 0. The molecular weight excluding hydrogens is 392 g/mol. The molecule has 0 heterocycles. The van der Waals surface area contributed by atoms with E-state index < -0.39 is 0 Å². The summed E-state index contributed by atoms with van der Waals surface area (Å²) in [5, 5.41) is 0. The number of nitrogens with zero attached hydrogens (tertiary/aromatic N) is 2. The molecule has 0 saturated heterocycles. The number of esters is 2. The molecule has 0 bridgehead atoms. The molecule has 0 rings (SSSR count). The lowest BCUT2D eigenvalue weighted by Gasteiger charge is -2.15. The fourth-order valence-electron chi connectivity index (χ4n) is 2.08. The zero-order valence-corrected chi connectivity index (χ0v) is 18.8. The van der Waals surface area contributed by atoms with Crippen LogP contribution >= 0.6 is 0 Å². The van der Waals surface area contributed by atoms with Crippen LogP contribution in [0, 0.1) is 0 Å². The first-order valence-electron chi connectivity index (χ1n) is 10.2. The molecule has 0 radical (unpaired) electrons. The molecule has 9 heteroatoms. The van der Waals surface area contributed by atoms with Gasteiger partial charge in [-0.15, -0.1) is 0 Å². The third-order valence-corrected chi connectivity index (χ3v) is 3.57. The topological polar surface area (TPSA) is 86.8 Å². The summed E-state index contributed by atoms with van der Waals surface area (Å²) in [7, 11) is 5.99. The molecule has 0 aromatic carbocycles. The summed E-state index contributed by atoms with van der Waals surface area (Å²) >= 11 is 0.